The highest BCUT2D eigenvalue weighted by Gasteiger charge is 2.35. The molecule has 0 amide bonds. The molecule has 2 aromatic heterocycles. The first kappa shape index (κ1) is 42.3. The fourth-order valence-corrected chi connectivity index (χ4v) is 7.64. The van der Waals surface area contributed by atoms with Crippen LogP contribution in [0.4, 0.5) is 38.0 Å². The Kier molecular flexibility index (Phi) is 13.5. The molecule has 0 fully saturated rings. The number of carbonyl (C=O) groups excluding carboxylic acids is 2. The highest BCUT2D eigenvalue weighted by molar-refractivity contribution is 7.84. The Morgan fingerprint density at radius 3 is 1.27 bits per heavy atom. The van der Waals surface area contributed by atoms with E-state index in [2.05, 4.69) is 20.8 Å². The number of hydrogen-bond acceptors (Lipinski definition) is 8. The molecule has 0 saturated heterocycles. The van der Waals surface area contributed by atoms with E-state index in [1.807, 2.05) is 0 Å². The van der Waals surface area contributed by atoms with E-state index in [-0.39, 0.29) is 64.3 Å². The Morgan fingerprint density at radius 1 is 0.706 bits per heavy atom. The predicted molar refractivity (Wildman–Crippen MR) is 186 cm³/mol. The molecule has 51 heavy (non-hydrogen) atoms. The van der Waals surface area contributed by atoms with Crippen molar-refractivity contribution in [1.29, 1.82) is 0 Å². The molecule has 2 N–H and O–H groups in total. The maximum absolute atomic E-state index is 12.9. The van der Waals surface area contributed by atoms with Crippen molar-refractivity contribution in [3.63, 3.8) is 0 Å². The monoisotopic (exact) mass is 840 g/mol. The maximum atomic E-state index is 12.9. The lowest BCUT2D eigenvalue weighted by atomic mass is 10.2. The highest BCUT2D eigenvalue weighted by atomic mass is 35.5. The quantitative estimate of drug-likeness (QED) is 0.127. The molecule has 2 aromatic carbocycles. The van der Waals surface area contributed by atoms with E-state index < -0.39 is 56.6 Å². The van der Waals surface area contributed by atoms with Gasteiger partial charge in [-0.2, -0.15) is 36.5 Å². The summed E-state index contributed by atoms with van der Waals surface area (Å²) in [5, 5.41) is 12.5. The summed E-state index contributed by atoms with van der Waals surface area (Å²) in [7, 11) is -1.70. The minimum absolute atomic E-state index is 0.0449. The van der Waals surface area contributed by atoms with Gasteiger partial charge in [-0.25, -0.2) is 9.36 Å². The van der Waals surface area contributed by atoms with Gasteiger partial charge in [-0.15, -0.1) is 0 Å². The third-order valence-corrected chi connectivity index (χ3v) is 9.69. The summed E-state index contributed by atoms with van der Waals surface area (Å²) in [5.74, 6) is -0.580. The number of rotatable bonds is 9. The van der Waals surface area contributed by atoms with Crippen LogP contribution in [0.3, 0.4) is 0 Å². The molecule has 2 unspecified atom stereocenters. The standard InChI is InChI=1S/C15H14Cl2F3N3O2S.C14H12Cl2F3N3O2S/c1-4-21-14-13(26(3)25)11(7(2)24)22-23(14)12-9(16)5-8(6-10(12)17)15(18,19)20;1-6(23)10-12(25(3)24)13(20-2)22(21-10)11-8(15)4-7(5-9(11)16)14(17,18)19/h5-6,21H,4H2,1-3H3;4-5,20H,1-3H3. The molecular weight excluding hydrogens is 816 g/mol. The van der Waals surface area contributed by atoms with Crippen molar-refractivity contribution in [3.8, 4) is 11.4 Å². The van der Waals surface area contributed by atoms with Gasteiger partial charge in [0, 0.05) is 40.0 Å². The number of hydrogen-bond donors (Lipinski definition) is 2. The van der Waals surface area contributed by atoms with Crippen LogP contribution >= 0.6 is 46.4 Å². The van der Waals surface area contributed by atoms with E-state index >= 15 is 0 Å². The minimum atomic E-state index is -4.62. The van der Waals surface area contributed by atoms with Crippen molar-refractivity contribution in [2.24, 2.45) is 0 Å². The van der Waals surface area contributed by atoms with Crippen LogP contribution in [-0.4, -0.2) is 65.6 Å². The second-order valence-electron chi connectivity index (χ2n) is 10.2. The molecule has 2 heterocycles. The molecule has 278 valence electrons. The van der Waals surface area contributed by atoms with Crippen molar-refractivity contribution in [2.45, 2.75) is 42.9 Å². The van der Waals surface area contributed by atoms with Crippen LogP contribution in [0.15, 0.2) is 34.1 Å². The number of halogens is 10. The van der Waals surface area contributed by atoms with Crippen molar-refractivity contribution in [2.75, 3.05) is 36.7 Å². The summed E-state index contributed by atoms with van der Waals surface area (Å²) in [6, 6.07) is 2.85. The number of Topliss-reactive ketones (excluding diaryl/α,β-unsaturated/α-hetero) is 2. The Balaban J connectivity index is 0.000000276. The molecule has 4 rings (SSSR count). The maximum Gasteiger partial charge on any atom is 0.416 e. The average Bonchev–Trinajstić information content (AvgIpc) is 3.56. The van der Waals surface area contributed by atoms with Gasteiger partial charge in [0.2, 0.25) is 0 Å². The average molecular weight is 842 g/mol. The molecule has 0 aliphatic rings. The predicted octanol–water partition coefficient (Wildman–Crippen LogP) is 8.75. The van der Waals surface area contributed by atoms with Crippen LogP contribution in [0.2, 0.25) is 20.1 Å². The summed E-state index contributed by atoms with van der Waals surface area (Å²) in [5.41, 5.74) is -2.29. The van der Waals surface area contributed by atoms with E-state index in [4.69, 9.17) is 46.4 Å². The van der Waals surface area contributed by atoms with Gasteiger partial charge in [0.05, 0.1) is 52.8 Å². The Morgan fingerprint density at radius 2 is 1.02 bits per heavy atom. The zero-order valence-corrected chi connectivity index (χ0v) is 31.7. The summed E-state index contributed by atoms with van der Waals surface area (Å²) < 4.78 is 104. The molecule has 2 atom stereocenters. The van der Waals surface area contributed by atoms with Gasteiger partial charge in [-0.1, -0.05) is 46.4 Å². The van der Waals surface area contributed by atoms with Gasteiger partial charge in [0.1, 0.15) is 44.2 Å². The molecule has 0 aliphatic carbocycles. The second-order valence-corrected chi connectivity index (χ2v) is 14.5. The van der Waals surface area contributed by atoms with Crippen LogP contribution in [0.5, 0.6) is 0 Å². The molecule has 0 saturated carbocycles. The van der Waals surface area contributed by atoms with Crippen LogP contribution in [0.1, 0.15) is 52.9 Å². The highest BCUT2D eigenvalue weighted by Crippen LogP contribution is 2.41. The molecule has 4 aromatic rings. The summed E-state index contributed by atoms with van der Waals surface area (Å²) in [6.45, 7) is 4.61. The smallest absolute Gasteiger partial charge is 0.372 e. The summed E-state index contributed by atoms with van der Waals surface area (Å²) in [4.78, 5) is 23.9. The Labute approximate surface area is 311 Å². The Hall–Kier alpha value is -3.16. The first-order chi connectivity index (χ1) is 23.5. The van der Waals surface area contributed by atoms with E-state index in [9.17, 15) is 44.3 Å². The number of aromatic nitrogens is 4. The second kappa shape index (κ2) is 16.2. The fraction of sp³-hybridized carbons (Fsp3) is 0.310. The third kappa shape index (κ3) is 9.08. The molecule has 0 bridgehead atoms. The van der Waals surface area contributed by atoms with Crippen molar-refractivity contribution in [3.05, 3.63) is 66.9 Å². The third-order valence-electron chi connectivity index (χ3n) is 6.62. The number of ketones is 2. The first-order valence-electron chi connectivity index (χ1n) is 14.0. The molecule has 10 nitrogen and oxygen atoms in total. The van der Waals surface area contributed by atoms with Gasteiger partial charge in [-0.05, 0) is 31.2 Å². The summed E-state index contributed by atoms with van der Waals surface area (Å²) >= 11 is 24.1. The van der Waals surface area contributed by atoms with Gasteiger partial charge < -0.3 is 10.6 Å². The van der Waals surface area contributed by atoms with Crippen LogP contribution in [-0.2, 0) is 34.0 Å². The zero-order valence-electron chi connectivity index (χ0n) is 27.0. The number of nitrogens with zero attached hydrogens (tertiary/aromatic N) is 4. The number of alkyl halides is 6. The molecule has 0 aliphatic heterocycles. The molecule has 0 radical (unpaired) electrons. The van der Waals surface area contributed by atoms with E-state index in [0.717, 1.165) is 21.5 Å². The topological polar surface area (TPSA) is 128 Å². The molecular formula is C29H26Cl4F6N6O4S2. The lowest BCUT2D eigenvalue weighted by Gasteiger charge is -2.15. The Bertz CT molecular complexity index is 2020. The van der Waals surface area contributed by atoms with E-state index in [1.165, 1.54) is 33.4 Å². The number of anilines is 2. The first-order valence-corrected chi connectivity index (χ1v) is 18.6. The number of nitrogens with one attached hydrogen (secondary N) is 2. The fourth-order valence-electron chi connectivity index (χ4n) is 4.54. The van der Waals surface area contributed by atoms with E-state index in [1.54, 1.807) is 6.92 Å². The van der Waals surface area contributed by atoms with E-state index in [0.29, 0.717) is 18.7 Å². The van der Waals surface area contributed by atoms with Crippen molar-refractivity contribution < 1.29 is 44.3 Å². The van der Waals surface area contributed by atoms with Crippen LogP contribution in [0, 0.1) is 0 Å². The lowest BCUT2D eigenvalue weighted by Crippen LogP contribution is -2.10. The van der Waals surface area contributed by atoms with Crippen molar-refractivity contribution >= 4 is 91.2 Å². The van der Waals surface area contributed by atoms with Crippen LogP contribution < -0.4 is 10.6 Å². The van der Waals surface area contributed by atoms with Gasteiger partial charge in [0.25, 0.3) is 0 Å². The normalized spacial score (nSPS) is 12.9. The van der Waals surface area contributed by atoms with Crippen molar-refractivity contribution in [1.82, 2.24) is 19.6 Å². The van der Waals surface area contributed by atoms with Gasteiger partial charge >= 0.3 is 12.4 Å². The number of carbonyl (C=O) groups is 2. The minimum Gasteiger partial charge on any atom is -0.372 e. The largest absolute Gasteiger partial charge is 0.416 e. The number of benzene rings is 2. The molecule has 22 heteroatoms. The van der Waals surface area contributed by atoms with Gasteiger partial charge in [-0.3, -0.25) is 18.0 Å². The van der Waals surface area contributed by atoms with Gasteiger partial charge in [0.15, 0.2) is 11.6 Å². The SMILES string of the molecule is CCNc1c(S(C)=O)c(C(C)=O)nn1-c1c(Cl)cc(C(F)(F)F)cc1Cl.CNc1c(S(C)=O)c(C(C)=O)nn1-c1c(Cl)cc(C(F)(F)F)cc1Cl. The summed E-state index contributed by atoms with van der Waals surface area (Å²) in [6.07, 6.45) is -6.53. The van der Waals surface area contributed by atoms with Crippen LogP contribution in [0.25, 0.3) is 11.4 Å². The zero-order chi connectivity index (χ0) is 38.9. The lowest BCUT2D eigenvalue weighted by molar-refractivity contribution is -0.138. The molecule has 0 spiro atoms.